The number of pyridine rings is 1. The normalized spacial score (nSPS) is 10.7. The topological polar surface area (TPSA) is 94.4 Å². The van der Waals surface area contributed by atoms with Crippen LogP contribution in [0.25, 0.3) is 22.3 Å². The highest BCUT2D eigenvalue weighted by Gasteiger charge is 2.11. The van der Waals surface area contributed by atoms with Crippen molar-refractivity contribution in [3.63, 3.8) is 0 Å². The zero-order valence-electron chi connectivity index (χ0n) is 10.6. The van der Waals surface area contributed by atoms with Gasteiger partial charge in [0.15, 0.2) is 17.8 Å². The number of carboxylic acid groups (broad SMARTS) is 1. The van der Waals surface area contributed by atoms with Crippen LogP contribution in [-0.4, -0.2) is 11.1 Å². The second-order valence-corrected chi connectivity index (χ2v) is 4.44. The van der Waals surface area contributed by atoms with E-state index in [0.29, 0.717) is 10.3 Å². The van der Waals surface area contributed by atoms with Crippen LogP contribution in [0.5, 0.6) is 0 Å². The first-order valence-electron chi connectivity index (χ1n) is 6.05. The van der Waals surface area contributed by atoms with Crippen molar-refractivity contribution < 1.29 is 19.0 Å². The molecule has 3 aromatic rings. The first kappa shape index (κ1) is 12.9. The van der Waals surface area contributed by atoms with E-state index in [1.54, 1.807) is 12.1 Å². The molecule has 6 heteroatoms. The zero-order valence-corrected chi connectivity index (χ0v) is 10.6. The van der Waals surface area contributed by atoms with Crippen molar-refractivity contribution in [3.05, 3.63) is 69.8 Å². The van der Waals surface area contributed by atoms with Crippen LogP contribution in [0.15, 0.2) is 58.0 Å². The average molecular weight is 283 g/mol. The third-order valence-electron chi connectivity index (χ3n) is 3.03. The van der Waals surface area contributed by atoms with Crippen LogP contribution in [0, 0.1) is 5.21 Å². The summed E-state index contributed by atoms with van der Waals surface area (Å²) in [6.07, 6.45) is 2.61. The van der Waals surface area contributed by atoms with Gasteiger partial charge >= 0.3 is 5.97 Å². The molecule has 0 fully saturated rings. The maximum Gasteiger partial charge on any atom is 0.335 e. The Labute approximate surface area is 118 Å². The van der Waals surface area contributed by atoms with Gasteiger partial charge in [0.05, 0.1) is 16.5 Å². The summed E-state index contributed by atoms with van der Waals surface area (Å²) in [6, 6.07) is 8.48. The molecule has 0 aliphatic rings. The molecule has 1 aromatic carbocycles. The third-order valence-corrected chi connectivity index (χ3v) is 3.03. The summed E-state index contributed by atoms with van der Waals surface area (Å²) >= 11 is 0. The van der Waals surface area contributed by atoms with E-state index in [2.05, 4.69) is 0 Å². The van der Waals surface area contributed by atoms with Gasteiger partial charge in [0.1, 0.15) is 11.3 Å². The number of nitrogens with zero attached hydrogens (tertiary/aromatic N) is 1. The van der Waals surface area contributed by atoms with Crippen molar-refractivity contribution in [1.82, 2.24) is 0 Å². The molecule has 6 nitrogen and oxygen atoms in total. The van der Waals surface area contributed by atoms with E-state index in [9.17, 15) is 14.8 Å². The number of rotatable bonds is 2. The molecule has 0 aliphatic carbocycles. The molecule has 0 atom stereocenters. The van der Waals surface area contributed by atoms with Crippen LogP contribution in [0.4, 0.5) is 0 Å². The molecule has 0 saturated heterocycles. The van der Waals surface area contributed by atoms with Crippen molar-refractivity contribution in [1.29, 1.82) is 0 Å². The molecule has 0 aliphatic heterocycles. The van der Waals surface area contributed by atoms with Gasteiger partial charge in [0, 0.05) is 12.1 Å². The minimum absolute atomic E-state index is 0.0136. The molecule has 0 saturated carbocycles. The van der Waals surface area contributed by atoms with Crippen molar-refractivity contribution in [2.45, 2.75) is 0 Å². The summed E-state index contributed by atoms with van der Waals surface area (Å²) in [5.41, 5.74) is 0.382. The van der Waals surface area contributed by atoms with E-state index in [0.717, 1.165) is 0 Å². The molecule has 0 radical (unpaired) electrons. The Morgan fingerprint density at radius 2 is 2.05 bits per heavy atom. The smallest absolute Gasteiger partial charge is 0.335 e. The molecule has 0 unspecified atom stereocenters. The number of carboxylic acids is 1. The van der Waals surface area contributed by atoms with Crippen LogP contribution in [0.2, 0.25) is 0 Å². The Kier molecular flexibility index (Phi) is 2.91. The fourth-order valence-electron chi connectivity index (χ4n) is 2.03. The van der Waals surface area contributed by atoms with E-state index >= 15 is 0 Å². The minimum atomic E-state index is -1.11. The Bertz CT molecular complexity index is 913. The number of fused-ring (bicyclic) bond motifs is 1. The third kappa shape index (κ3) is 2.34. The quantitative estimate of drug-likeness (QED) is 0.571. The monoisotopic (exact) mass is 283 g/mol. The number of hydrogen-bond donors (Lipinski definition) is 1. The molecular formula is C15H9NO5. The summed E-state index contributed by atoms with van der Waals surface area (Å²) in [6.45, 7) is 0. The zero-order chi connectivity index (χ0) is 15.0. The van der Waals surface area contributed by atoms with Gasteiger partial charge in [-0.2, -0.15) is 4.73 Å². The summed E-state index contributed by atoms with van der Waals surface area (Å²) in [7, 11) is 0. The van der Waals surface area contributed by atoms with Gasteiger partial charge in [0.25, 0.3) is 0 Å². The Balaban J connectivity index is 2.23. The minimum Gasteiger partial charge on any atom is -0.619 e. The molecule has 2 heterocycles. The van der Waals surface area contributed by atoms with E-state index in [4.69, 9.17) is 9.52 Å². The largest absolute Gasteiger partial charge is 0.619 e. The summed E-state index contributed by atoms with van der Waals surface area (Å²) < 4.78 is 6.18. The Morgan fingerprint density at radius 1 is 1.24 bits per heavy atom. The molecule has 2 aromatic heterocycles. The molecule has 1 N–H and O–H groups in total. The van der Waals surface area contributed by atoms with Gasteiger partial charge in [0.2, 0.25) is 0 Å². The van der Waals surface area contributed by atoms with Gasteiger partial charge in [-0.25, -0.2) is 4.79 Å². The molecule has 0 bridgehead atoms. The first-order chi connectivity index (χ1) is 10.0. The molecular weight excluding hydrogens is 274 g/mol. The highest BCUT2D eigenvalue weighted by molar-refractivity contribution is 5.93. The van der Waals surface area contributed by atoms with Crippen LogP contribution in [0.1, 0.15) is 10.4 Å². The van der Waals surface area contributed by atoms with Crippen LogP contribution < -0.4 is 10.2 Å². The molecule has 3 rings (SSSR count). The van der Waals surface area contributed by atoms with Crippen molar-refractivity contribution in [2.75, 3.05) is 0 Å². The molecule has 104 valence electrons. The lowest BCUT2D eigenvalue weighted by molar-refractivity contribution is -0.604. The Morgan fingerprint density at radius 3 is 2.76 bits per heavy atom. The number of benzene rings is 1. The fourth-order valence-corrected chi connectivity index (χ4v) is 2.03. The maximum atomic E-state index is 12.1. The van der Waals surface area contributed by atoms with Gasteiger partial charge in [-0.15, -0.1) is 0 Å². The van der Waals surface area contributed by atoms with Gasteiger partial charge in [-0.1, -0.05) is 0 Å². The number of aromatic carboxylic acids is 1. The molecule has 0 spiro atoms. The maximum absolute atomic E-state index is 12.1. The fraction of sp³-hybridized carbons (Fsp3) is 0. The van der Waals surface area contributed by atoms with Crippen molar-refractivity contribution in [2.24, 2.45) is 0 Å². The SMILES string of the molecule is O=C(O)c1ccc2oc(-c3ccc[n+]([O-])c3)cc(=O)c2c1. The van der Waals surface area contributed by atoms with Crippen LogP contribution >= 0.6 is 0 Å². The number of hydrogen-bond acceptors (Lipinski definition) is 4. The summed E-state index contributed by atoms with van der Waals surface area (Å²) in [4.78, 5) is 23.0. The predicted molar refractivity (Wildman–Crippen MR) is 73.8 cm³/mol. The van der Waals surface area contributed by atoms with E-state index in [-0.39, 0.29) is 27.7 Å². The molecule has 21 heavy (non-hydrogen) atoms. The number of carbonyl (C=O) groups is 1. The lowest BCUT2D eigenvalue weighted by Gasteiger charge is -2.03. The number of aromatic nitrogens is 1. The summed E-state index contributed by atoms with van der Waals surface area (Å²) in [5.74, 6) is -0.864. The van der Waals surface area contributed by atoms with E-state index in [1.165, 1.54) is 36.7 Å². The van der Waals surface area contributed by atoms with Gasteiger partial charge in [-0.05, 0) is 24.3 Å². The van der Waals surface area contributed by atoms with E-state index < -0.39 is 5.97 Å². The van der Waals surface area contributed by atoms with Crippen LogP contribution in [-0.2, 0) is 0 Å². The Hall–Kier alpha value is -3.15. The van der Waals surface area contributed by atoms with E-state index in [1.807, 2.05) is 0 Å². The second-order valence-electron chi connectivity index (χ2n) is 4.44. The highest BCUT2D eigenvalue weighted by atomic mass is 16.5. The van der Waals surface area contributed by atoms with Crippen LogP contribution in [0.3, 0.4) is 0 Å². The predicted octanol–water partition coefficient (Wildman–Crippen LogP) is 1.79. The molecule has 0 amide bonds. The standard InChI is InChI=1S/C15H9NO5/c17-12-7-14(10-2-1-5-16(20)8-10)21-13-4-3-9(15(18)19)6-11(12)13/h1-8H,(H,18,19). The second kappa shape index (κ2) is 4.75. The van der Waals surface area contributed by atoms with Gasteiger partial charge in [-0.3, -0.25) is 4.79 Å². The highest BCUT2D eigenvalue weighted by Crippen LogP contribution is 2.21. The lowest BCUT2D eigenvalue weighted by Crippen LogP contribution is -2.24. The van der Waals surface area contributed by atoms with Crippen molar-refractivity contribution in [3.8, 4) is 11.3 Å². The first-order valence-corrected chi connectivity index (χ1v) is 6.05. The van der Waals surface area contributed by atoms with Crippen molar-refractivity contribution >= 4 is 16.9 Å². The summed E-state index contributed by atoms with van der Waals surface area (Å²) in [5, 5.41) is 20.4. The van der Waals surface area contributed by atoms with Gasteiger partial charge < -0.3 is 14.7 Å². The lowest BCUT2D eigenvalue weighted by atomic mass is 10.1. The average Bonchev–Trinajstić information content (AvgIpc) is 2.46.